The van der Waals surface area contributed by atoms with Crippen LogP contribution in [0.25, 0.3) is 0 Å². The number of hydrogen-bond acceptors (Lipinski definition) is 3. The van der Waals surface area contributed by atoms with Crippen LogP contribution in [0.1, 0.15) is 52.9 Å². The molecule has 4 nitrogen and oxygen atoms in total. The standard InChI is InChI=1S/C13H19NO3/c1-8-9(2)11(14(6)10(8)7-15)12(16)17-13(3,4)5/h7H,1-6H3. The van der Waals surface area contributed by atoms with Gasteiger partial charge < -0.3 is 9.30 Å². The topological polar surface area (TPSA) is 48.3 Å². The Morgan fingerprint density at radius 3 is 2.12 bits per heavy atom. The first-order valence-corrected chi connectivity index (χ1v) is 5.53. The first-order valence-electron chi connectivity index (χ1n) is 5.53. The van der Waals surface area contributed by atoms with Crippen LogP contribution in [-0.2, 0) is 11.8 Å². The van der Waals surface area contributed by atoms with E-state index < -0.39 is 11.6 Å². The number of esters is 1. The van der Waals surface area contributed by atoms with Crippen molar-refractivity contribution in [2.45, 2.75) is 40.2 Å². The second kappa shape index (κ2) is 4.35. The quantitative estimate of drug-likeness (QED) is 0.586. The zero-order chi connectivity index (χ0) is 13.4. The van der Waals surface area contributed by atoms with E-state index in [1.807, 2.05) is 34.6 Å². The lowest BCUT2D eigenvalue weighted by atomic mass is 10.1. The molecule has 1 rings (SSSR count). The molecule has 0 aliphatic heterocycles. The first-order chi connectivity index (χ1) is 7.69. The molecule has 0 aromatic carbocycles. The SMILES string of the molecule is Cc1c(C)c(C(=O)OC(C)(C)C)n(C)c1C=O. The van der Waals surface area contributed by atoms with E-state index in [2.05, 4.69) is 0 Å². The van der Waals surface area contributed by atoms with Gasteiger partial charge in [-0.1, -0.05) is 0 Å². The summed E-state index contributed by atoms with van der Waals surface area (Å²) in [6.45, 7) is 9.10. The van der Waals surface area contributed by atoms with Crippen molar-refractivity contribution < 1.29 is 14.3 Å². The number of rotatable bonds is 2. The van der Waals surface area contributed by atoms with E-state index >= 15 is 0 Å². The summed E-state index contributed by atoms with van der Waals surface area (Å²) in [6, 6.07) is 0. The van der Waals surface area contributed by atoms with Gasteiger partial charge in [0.15, 0.2) is 6.29 Å². The van der Waals surface area contributed by atoms with Gasteiger partial charge in [0, 0.05) is 7.05 Å². The van der Waals surface area contributed by atoms with E-state index in [4.69, 9.17) is 4.74 Å². The molecule has 0 amide bonds. The third kappa shape index (κ3) is 2.57. The van der Waals surface area contributed by atoms with Crippen molar-refractivity contribution >= 4 is 12.3 Å². The van der Waals surface area contributed by atoms with Crippen LogP contribution in [0.4, 0.5) is 0 Å². The molecule has 0 spiro atoms. The molecule has 0 atom stereocenters. The number of aromatic nitrogens is 1. The van der Waals surface area contributed by atoms with Gasteiger partial charge in [-0.2, -0.15) is 0 Å². The molecule has 1 aromatic heterocycles. The Labute approximate surface area is 102 Å². The maximum atomic E-state index is 12.0. The van der Waals surface area contributed by atoms with E-state index in [0.29, 0.717) is 11.4 Å². The lowest BCUT2D eigenvalue weighted by molar-refractivity contribution is 0.00581. The lowest BCUT2D eigenvalue weighted by Gasteiger charge is -2.20. The summed E-state index contributed by atoms with van der Waals surface area (Å²) >= 11 is 0. The maximum Gasteiger partial charge on any atom is 0.355 e. The van der Waals surface area contributed by atoms with E-state index in [-0.39, 0.29) is 0 Å². The summed E-state index contributed by atoms with van der Waals surface area (Å²) in [4.78, 5) is 23.0. The Bertz CT molecular complexity index is 464. The molecule has 0 unspecified atom stereocenters. The molecule has 0 bridgehead atoms. The van der Waals surface area contributed by atoms with E-state index in [9.17, 15) is 9.59 Å². The normalized spacial score (nSPS) is 11.4. The minimum Gasteiger partial charge on any atom is -0.455 e. The van der Waals surface area contributed by atoms with Crippen molar-refractivity contribution in [3.8, 4) is 0 Å². The third-order valence-corrected chi connectivity index (χ3v) is 2.70. The van der Waals surface area contributed by atoms with Crippen LogP contribution >= 0.6 is 0 Å². The zero-order valence-electron chi connectivity index (χ0n) is 11.2. The van der Waals surface area contributed by atoms with Gasteiger partial charge in [0.2, 0.25) is 0 Å². The Hall–Kier alpha value is -1.58. The van der Waals surface area contributed by atoms with Crippen molar-refractivity contribution in [2.24, 2.45) is 7.05 Å². The highest BCUT2D eigenvalue weighted by Gasteiger charge is 2.25. The fraction of sp³-hybridized carbons (Fsp3) is 0.538. The molecule has 4 heteroatoms. The molecule has 1 heterocycles. The molecule has 0 radical (unpaired) electrons. The van der Waals surface area contributed by atoms with E-state index in [0.717, 1.165) is 17.4 Å². The number of ether oxygens (including phenoxy) is 1. The van der Waals surface area contributed by atoms with Gasteiger partial charge >= 0.3 is 5.97 Å². The summed E-state index contributed by atoms with van der Waals surface area (Å²) in [5.74, 6) is -0.395. The molecule has 0 aliphatic carbocycles. The van der Waals surface area contributed by atoms with Crippen LogP contribution in [-0.4, -0.2) is 22.4 Å². The highest BCUT2D eigenvalue weighted by molar-refractivity contribution is 5.93. The van der Waals surface area contributed by atoms with Crippen LogP contribution in [0.5, 0.6) is 0 Å². The number of aldehydes is 1. The highest BCUT2D eigenvalue weighted by Crippen LogP contribution is 2.22. The summed E-state index contributed by atoms with van der Waals surface area (Å²) < 4.78 is 6.91. The van der Waals surface area contributed by atoms with Gasteiger partial charge in [0.1, 0.15) is 11.3 Å². The van der Waals surface area contributed by atoms with Gasteiger partial charge in [0.25, 0.3) is 0 Å². The van der Waals surface area contributed by atoms with Gasteiger partial charge in [-0.3, -0.25) is 4.79 Å². The van der Waals surface area contributed by atoms with Crippen LogP contribution in [0.3, 0.4) is 0 Å². The fourth-order valence-corrected chi connectivity index (χ4v) is 1.78. The van der Waals surface area contributed by atoms with Gasteiger partial charge in [-0.25, -0.2) is 4.79 Å². The van der Waals surface area contributed by atoms with Crippen LogP contribution in [0, 0.1) is 13.8 Å². The Morgan fingerprint density at radius 2 is 1.76 bits per heavy atom. The highest BCUT2D eigenvalue weighted by atomic mass is 16.6. The zero-order valence-corrected chi connectivity index (χ0v) is 11.2. The minimum absolute atomic E-state index is 0.395. The number of carbonyl (C=O) groups is 2. The lowest BCUT2D eigenvalue weighted by Crippen LogP contribution is -2.25. The molecule has 17 heavy (non-hydrogen) atoms. The minimum atomic E-state index is -0.539. The molecular formula is C13H19NO3. The molecule has 94 valence electrons. The molecule has 0 saturated heterocycles. The molecule has 1 aromatic rings. The largest absolute Gasteiger partial charge is 0.455 e. The van der Waals surface area contributed by atoms with Crippen LogP contribution in [0.2, 0.25) is 0 Å². The smallest absolute Gasteiger partial charge is 0.355 e. The predicted molar refractivity (Wildman–Crippen MR) is 65.4 cm³/mol. The average molecular weight is 237 g/mol. The van der Waals surface area contributed by atoms with Gasteiger partial charge in [-0.05, 0) is 45.7 Å². The molecule has 0 aliphatic rings. The number of hydrogen-bond donors (Lipinski definition) is 0. The van der Waals surface area contributed by atoms with Crippen LogP contribution in [0.15, 0.2) is 0 Å². The van der Waals surface area contributed by atoms with Crippen molar-refractivity contribution in [2.75, 3.05) is 0 Å². The second-order valence-corrected chi connectivity index (χ2v) is 5.16. The van der Waals surface area contributed by atoms with Crippen molar-refractivity contribution in [1.29, 1.82) is 0 Å². The Morgan fingerprint density at radius 1 is 1.24 bits per heavy atom. The molecule has 0 N–H and O–H groups in total. The second-order valence-electron chi connectivity index (χ2n) is 5.16. The monoisotopic (exact) mass is 237 g/mol. The number of carbonyl (C=O) groups excluding carboxylic acids is 2. The van der Waals surface area contributed by atoms with Crippen LogP contribution < -0.4 is 0 Å². The van der Waals surface area contributed by atoms with Crippen molar-refractivity contribution in [3.05, 3.63) is 22.5 Å². The van der Waals surface area contributed by atoms with Gasteiger partial charge in [-0.15, -0.1) is 0 Å². The maximum absolute atomic E-state index is 12.0. The average Bonchev–Trinajstić information content (AvgIpc) is 2.35. The molecular weight excluding hydrogens is 218 g/mol. The molecule has 0 saturated carbocycles. The van der Waals surface area contributed by atoms with E-state index in [1.165, 1.54) is 0 Å². The third-order valence-electron chi connectivity index (χ3n) is 2.70. The Kier molecular flexibility index (Phi) is 3.45. The summed E-state index contributed by atoms with van der Waals surface area (Å²) in [5.41, 5.74) is 2.04. The van der Waals surface area contributed by atoms with E-state index in [1.54, 1.807) is 11.6 Å². The van der Waals surface area contributed by atoms with Crippen molar-refractivity contribution in [3.63, 3.8) is 0 Å². The summed E-state index contributed by atoms with van der Waals surface area (Å²) in [7, 11) is 1.70. The fourth-order valence-electron chi connectivity index (χ4n) is 1.78. The van der Waals surface area contributed by atoms with Gasteiger partial charge in [0.05, 0.1) is 5.69 Å². The number of nitrogens with zero attached hydrogens (tertiary/aromatic N) is 1. The summed E-state index contributed by atoms with van der Waals surface area (Å²) in [6.07, 6.45) is 0.760. The Balaban J connectivity index is 3.24. The van der Waals surface area contributed by atoms with Crippen molar-refractivity contribution in [1.82, 2.24) is 4.57 Å². The molecule has 0 fully saturated rings. The predicted octanol–water partition coefficient (Wildman–Crippen LogP) is 2.41. The first kappa shape index (κ1) is 13.5. The summed E-state index contributed by atoms with van der Waals surface area (Å²) in [5, 5.41) is 0.